The number of aryl methyl sites for hydroxylation is 1. The summed E-state index contributed by atoms with van der Waals surface area (Å²) in [6.45, 7) is 7.22. The predicted molar refractivity (Wildman–Crippen MR) is 69.0 cm³/mol. The molecule has 1 saturated carbocycles. The van der Waals surface area contributed by atoms with Crippen molar-refractivity contribution in [2.24, 2.45) is 11.3 Å². The second kappa shape index (κ2) is 4.62. The van der Waals surface area contributed by atoms with E-state index in [0.717, 1.165) is 18.7 Å². The number of aliphatic hydroxyl groups is 1. The molecule has 3 nitrogen and oxygen atoms in total. The Morgan fingerprint density at radius 1 is 1.65 bits per heavy atom. The minimum atomic E-state index is -0.498. The summed E-state index contributed by atoms with van der Waals surface area (Å²) in [6, 6.07) is 0. The molecule has 1 heterocycles. The van der Waals surface area contributed by atoms with Gasteiger partial charge in [0, 0.05) is 6.54 Å². The molecular weight excluding hydrogens is 236 g/mol. The maximum absolute atomic E-state index is 10.6. The molecule has 0 saturated heterocycles. The van der Waals surface area contributed by atoms with Crippen LogP contribution in [0.4, 0.5) is 0 Å². The Kier molecular flexibility index (Phi) is 3.50. The smallest absolute Gasteiger partial charge is 0.100 e. The van der Waals surface area contributed by atoms with Crippen molar-refractivity contribution in [3.8, 4) is 0 Å². The third-order valence-electron chi connectivity index (χ3n) is 4.13. The summed E-state index contributed by atoms with van der Waals surface area (Å²) in [5.41, 5.74) is 0.972. The third-order valence-corrected chi connectivity index (χ3v) is 4.43. The van der Waals surface area contributed by atoms with E-state index >= 15 is 0 Å². The molecule has 0 bridgehead atoms. The van der Waals surface area contributed by atoms with Crippen LogP contribution in [-0.2, 0) is 6.54 Å². The van der Waals surface area contributed by atoms with Gasteiger partial charge in [0.25, 0.3) is 0 Å². The molecule has 0 aliphatic heterocycles. The van der Waals surface area contributed by atoms with Crippen molar-refractivity contribution in [2.45, 2.75) is 52.7 Å². The first-order valence-electron chi connectivity index (χ1n) is 6.36. The lowest BCUT2D eigenvalue weighted by Gasteiger charge is -2.31. The second-order valence-electron chi connectivity index (χ2n) is 5.63. The highest BCUT2D eigenvalue weighted by molar-refractivity contribution is 6.31. The van der Waals surface area contributed by atoms with Crippen molar-refractivity contribution < 1.29 is 5.11 Å². The number of hydrogen-bond acceptors (Lipinski definition) is 2. The topological polar surface area (TPSA) is 38.0 Å². The Labute approximate surface area is 108 Å². The van der Waals surface area contributed by atoms with E-state index in [1.807, 2.05) is 6.92 Å². The third kappa shape index (κ3) is 2.23. The normalized spacial score (nSPS) is 25.1. The lowest BCUT2D eigenvalue weighted by Crippen LogP contribution is -2.26. The molecule has 0 aromatic carbocycles. The summed E-state index contributed by atoms with van der Waals surface area (Å²) in [4.78, 5) is 0. The Hall–Kier alpha value is -0.540. The molecule has 2 unspecified atom stereocenters. The van der Waals surface area contributed by atoms with Crippen LogP contribution in [-0.4, -0.2) is 14.9 Å². The van der Waals surface area contributed by atoms with E-state index in [1.54, 1.807) is 10.9 Å². The minimum absolute atomic E-state index is 0.186. The fraction of sp³-hybridized carbons (Fsp3) is 0.769. The zero-order valence-electron chi connectivity index (χ0n) is 10.8. The molecular formula is C13H21ClN2O. The summed E-state index contributed by atoms with van der Waals surface area (Å²) < 4.78 is 1.81. The van der Waals surface area contributed by atoms with Crippen LogP contribution in [0.3, 0.4) is 0 Å². The van der Waals surface area contributed by atoms with Gasteiger partial charge in [-0.15, -0.1) is 0 Å². The van der Waals surface area contributed by atoms with E-state index in [4.69, 9.17) is 11.6 Å². The molecule has 1 aliphatic rings. The van der Waals surface area contributed by atoms with Crippen LogP contribution in [0.5, 0.6) is 0 Å². The maximum Gasteiger partial charge on any atom is 0.100 e. The quantitative estimate of drug-likeness (QED) is 0.900. The van der Waals surface area contributed by atoms with Gasteiger partial charge >= 0.3 is 0 Å². The first-order valence-corrected chi connectivity index (χ1v) is 6.74. The van der Waals surface area contributed by atoms with Crippen LogP contribution < -0.4 is 0 Å². The van der Waals surface area contributed by atoms with E-state index in [1.165, 1.54) is 12.8 Å². The van der Waals surface area contributed by atoms with Crippen molar-refractivity contribution in [3.05, 3.63) is 16.9 Å². The molecule has 96 valence electrons. The molecule has 1 N–H and O–H groups in total. The fourth-order valence-corrected chi connectivity index (χ4v) is 3.30. The Balaban J connectivity index is 2.30. The molecule has 17 heavy (non-hydrogen) atoms. The van der Waals surface area contributed by atoms with Crippen molar-refractivity contribution in [1.82, 2.24) is 9.78 Å². The standard InChI is InChI=1S/C13H21ClN2O/c1-4-16-11(10(14)8-15-16)12(17)9-6-5-7-13(9,2)3/h8-9,12,17H,4-7H2,1-3H3. The van der Waals surface area contributed by atoms with Crippen LogP contribution in [0.15, 0.2) is 6.20 Å². The van der Waals surface area contributed by atoms with Gasteiger partial charge in [0.1, 0.15) is 6.10 Å². The van der Waals surface area contributed by atoms with Gasteiger partial charge in [0.2, 0.25) is 0 Å². The molecule has 1 fully saturated rings. The molecule has 4 heteroatoms. The molecule has 2 atom stereocenters. The minimum Gasteiger partial charge on any atom is -0.386 e. The number of rotatable bonds is 3. The van der Waals surface area contributed by atoms with E-state index in [2.05, 4.69) is 18.9 Å². The van der Waals surface area contributed by atoms with Gasteiger partial charge in [-0.1, -0.05) is 31.9 Å². The van der Waals surface area contributed by atoms with E-state index in [9.17, 15) is 5.11 Å². The van der Waals surface area contributed by atoms with Gasteiger partial charge in [-0.3, -0.25) is 4.68 Å². The number of aliphatic hydroxyl groups excluding tert-OH is 1. The van der Waals surface area contributed by atoms with Gasteiger partial charge in [0.05, 0.1) is 16.9 Å². The maximum atomic E-state index is 10.6. The van der Waals surface area contributed by atoms with Crippen molar-refractivity contribution >= 4 is 11.6 Å². The lowest BCUT2D eigenvalue weighted by atomic mass is 9.78. The zero-order valence-corrected chi connectivity index (χ0v) is 11.5. The van der Waals surface area contributed by atoms with Gasteiger partial charge < -0.3 is 5.11 Å². The van der Waals surface area contributed by atoms with Crippen LogP contribution in [0.1, 0.15) is 51.8 Å². The van der Waals surface area contributed by atoms with Crippen LogP contribution >= 0.6 is 11.6 Å². The molecule has 1 aromatic rings. The predicted octanol–water partition coefficient (Wildman–Crippen LogP) is 3.42. The summed E-state index contributed by atoms with van der Waals surface area (Å²) in [7, 11) is 0. The highest BCUT2D eigenvalue weighted by Crippen LogP contribution is 2.49. The van der Waals surface area contributed by atoms with E-state index in [0.29, 0.717) is 5.02 Å². The first-order chi connectivity index (χ1) is 7.97. The summed E-state index contributed by atoms with van der Waals surface area (Å²) in [5, 5.41) is 15.4. The van der Waals surface area contributed by atoms with Crippen molar-refractivity contribution in [1.29, 1.82) is 0 Å². The molecule has 0 amide bonds. The van der Waals surface area contributed by atoms with Gasteiger partial charge in [0.15, 0.2) is 0 Å². The van der Waals surface area contributed by atoms with E-state index in [-0.39, 0.29) is 11.3 Å². The summed E-state index contributed by atoms with van der Waals surface area (Å²) in [5.74, 6) is 0.280. The number of aromatic nitrogens is 2. The van der Waals surface area contributed by atoms with Crippen LogP contribution in [0.2, 0.25) is 5.02 Å². The van der Waals surface area contributed by atoms with Crippen molar-refractivity contribution in [3.63, 3.8) is 0 Å². The Morgan fingerprint density at radius 3 is 2.88 bits per heavy atom. The van der Waals surface area contributed by atoms with Crippen LogP contribution in [0, 0.1) is 11.3 Å². The van der Waals surface area contributed by atoms with Crippen LogP contribution in [0.25, 0.3) is 0 Å². The monoisotopic (exact) mass is 256 g/mol. The highest BCUT2D eigenvalue weighted by Gasteiger charge is 2.41. The Bertz CT molecular complexity index is 400. The first kappa shape index (κ1) is 12.9. The largest absolute Gasteiger partial charge is 0.386 e. The summed E-state index contributed by atoms with van der Waals surface area (Å²) >= 11 is 6.15. The van der Waals surface area contributed by atoms with E-state index < -0.39 is 6.10 Å². The highest BCUT2D eigenvalue weighted by atomic mass is 35.5. The average Bonchev–Trinajstić information content (AvgIpc) is 2.80. The number of nitrogens with zero attached hydrogens (tertiary/aromatic N) is 2. The molecule has 0 spiro atoms. The molecule has 0 radical (unpaired) electrons. The molecule has 1 aliphatic carbocycles. The Morgan fingerprint density at radius 2 is 2.35 bits per heavy atom. The van der Waals surface area contributed by atoms with Gasteiger partial charge in [-0.25, -0.2) is 0 Å². The fourth-order valence-electron chi connectivity index (χ4n) is 3.05. The second-order valence-corrected chi connectivity index (χ2v) is 6.03. The number of halogens is 1. The van der Waals surface area contributed by atoms with Gasteiger partial charge in [-0.2, -0.15) is 5.10 Å². The number of hydrogen-bond donors (Lipinski definition) is 1. The molecule has 2 rings (SSSR count). The summed E-state index contributed by atoms with van der Waals surface area (Å²) in [6.07, 6.45) is 4.56. The molecule has 1 aromatic heterocycles. The average molecular weight is 257 g/mol. The zero-order chi connectivity index (χ0) is 12.6. The SMILES string of the molecule is CCn1ncc(Cl)c1C(O)C1CCCC1(C)C. The van der Waals surface area contributed by atoms with Crippen molar-refractivity contribution in [2.75, 3.05) is 0 Å². The van der Waals surface area contributed by atoms with Gasteiger partial charge in [-0.05, 0) is 31.1 Å². The lowest BCUT2D eigenvalue weighted by molar-refractivity contribution is 0.0465.